The van der Waals surface area contributed by atoms with Crippen molar-refractivity contribution in [1.82, 2.24) is 0 Å². The minimum absolute atomic E-state index is 0.0182. The first-order chi connectivity index (χ1) is 23.2. The monoisotopic (exact) mass is 740 g/mol. The molecule has 2 saturated heterocycles. The molecule has 0 aliphatic carbocycles. The maximum absolute atomic E-state index is 14.6. The molecule has 0 radical (unpaired) electrons. The molecule has 2 fully saturated rings. The molecule has 0 bridgehead atoms. The smallest absolute Gasteiger partial charge is 0.314 e. The molecule has 0 aromatic heterocycles. The summed E-state index contributed by atoms with van der Waals surface area (Å²) in [5.74, 6) is 0. The summed E-state index contributed by atoms with van der Waals surface area (Å²) in [7, 11) is -13.5. The lowest BCUT2D eigenvalue weighted by atomic mass is 9.93. The third-order valence-corrected chi connectivity index (χ3v) is 20.0. The lowest BCUT2D eigenvalue weighted by Gasteiger charge is -2.43. The Balaban J connectivity index is 1.10. The van der Waals surface area contributed by atoms with E-state index in [0.717, 1.165) is 22.3 Å². The Labute approximate surface area is 289 Å². The normalized spacial score (nSPS) is 24.6. The summed E-state index contributed by atoms with van der Waals surface area (Å²) in [5.41, 5.74) is 3.44. The van der Waals surface area contributed by atoms with Gasteiger partial charge in [-0.15, -0.1) is 0 Å². The van der Waals surface area contributed by atoms with Crippen LogP contribution in [-0.4, -0.2) is 51.1 Å². The molecule has 0 atom stereocenters. The highest BCUT2D eigenvalue weighted by atomic mass is 31.2. The topological polar surface area (TPSA) is 105 Å². The number of rotatable bonds is 10. The highest BCUT2D eigenvalue weighted by Crippen LogP contribution is 2.61. The molecule has 0 saturated carbocycles. The minimum atomic E-state index is -3.59. The molecule has 4 aromatic carbocycles. The van der Waals surface area contributed by atoms with Crippen LogP contribution in [-0.2, 0) is 36.4 Å². The van der Waals surface area contributed by atoms with E-state index in [1.165, 1.54) is 0 Å². The van der Waals surface area contributed by atoms with Gasteiger partial charge in [-0.3, -0.25) is 9.13 Å². The van der Waals surface area contributed by atoms with Gasteiger partial charge in [-0.05, 0) is 27.7 Å². The number of aryl methyl sites for hydroxylation is 4. The van der Waals surface area contributed by atoms with Gasteiger partial charge in [-0.1, -0.05) is 119 Å². The van der Waals surface area contributed by atoms with Crippen molar-refractivity contribution in [3.8, 4) is 0 Å². The van der Waals surface area contributed by atoms with E-state index in [1.54, 1.807) is 0 Å². The third kappa shape index (κ3) is 8.09. The van der Waals surface area contributed by atoms with E-state index in [4.69, 9.17) is 18.1 Å². The van der Waals surface area contributed by atoms with Crippen LogP contribution in [0.3, 0.4) is 0 Å². The van der Waals surface area contributed by atoms with Gasteiger partial charge in [0.25, 0.3) is 0 Å². The molecule has 0 N–H and O–H groups in total. The van der Waals surface area contributed by atoms with Crippen LogP contribution in [0.4, 0.5) is 0 Å². The maximum Gasteiger partial charge on any atom is 0.331 e. The Hall–Kier alpha value is -2.36. The third-order valence-electron chi connectivity index (χ3n) is 9.45. The molecule has 8 nitrogen and oxygen atoms in total. The Kier molecular flexibility index (Phi) is 10.7. The second kappa shape index (κ2) is 14.3. The zero-order valence-electron chi connectivity index (χ0n) is 28.4. The van der Waals surface area contributed by atoms with Crippen LogP contribution in [0.15, 0.2) is 97.1 Å². The fraction of sp³-hybridized carbons (Fsp3) is 0.351. The second-order valence-electron chi connectivity index (χ2n) is 13.5. The fourth-order valence-electron chi connectivity index (χ4n) is 6.01. The minimum Gasteiger partial charge on any atom is -0.314 e. The van der Waals surface area contributed by atoms with Crippen LogP contribution in [0.2, 0.25) is 0 Å². The molecule has 0 unspecified atom stereocenters. The van der Waals surface area contributed by atoms with E-state index in [0.29, 0.717) is 21.2 Å². The van der Waals surface area contributed by atoms with E-state index in [9.17, 15) is 18.3 Å². The Morgan fingerprint density at radius 1 is 0.469 bits per heavy atom. The lowest BCUT2D eigenvalue weighted by molar-refractivity contribution is -0.0680. The van der Waals surface area contributed by atoms with E-state index in [-0.39, 0.29) is 51.1 Å². The van der Waals surface area contributed by atoms with Crippen LogP contribution in [0, 0.1) is 33.1 Å². The quantitative estimate of drug-likeness (QED) is 0.152. The van der Waals surface area contributed by atoms with Crippen molar-refractivity contribution in [2.24, 2.45) is 5.41 Å². The number of hydrogen-bond acceptors (Lipinski definition) is 8. The van der Waals surface area contributed by atoms with Crippen LogP contribution < -0.4 is 21.2 Å². The number of hydrogen-bond donors (Lipinski definition) is 0. The maximum atomic E-state index is 14.6. The van der Waals surface area contributed by atoms with E-state index >= 15 is 0 Å². The summed E-state index contributed by atoms with van der Waals surface area (Å²) in [6.07, 6.45) is 0.201. The molecule has 49 heavy (non-hydrogen) atoms. The predicted molar refractivity (Wildman–Crippen MR) is 199 cm³/mol. The summed E-state index contributed by atoms with van der Waals surface area (Å²) in [6.45, 7) is 8.00. The molecular weight excluding hydrogens is 696 g/mol. The van der Waals surface area contributed by atoms with Crippen LogP contribution >= 0.6 is 29.5 Å². The largest absolute Gasteiger partial charge is 0.331 e. The van der Waals surface area contributed by atoms with Gasteiger partial charge in [-0.25, -0.2) is 0 Å². The van der Waals surface area contributed by atoms with Crippen molar-refractivity contribution in [3.63, 3.8) is 0 Å². The van der Waals surface area contributed by atoms with Crippen molar-refractivity contribution >= 4 is 50.7 Å². The van der Waals surface area contributed by atoms with E-state index in [2.05, 4.69) is 0 Å². The van der Waals surface area contributed by atoms with Gasteiger partial charge in [0, 0.05) is 33.5 Å². The molecule has 2 aliphatic heterocycles. The van der Waals surface area contributed by atoms with Gasteiger partial charge in [0.15, 0.2) is 0 Å². The highest BCUT2D eigenvalue weighted by Gasteiger charge is 2.49. The number of benzene rings is 4. The summed E-state index contributed by atoms with van der Waals surface area (Å²) in [4.78, 5) is 0. The van der Waals surface area contributed by atoms with E-state index in [1.807, 2.05) is 125 Å². The summed E-state index contributed by atoms with van der Waals surface area (Å²) < 4.78 is 80.4. The average molecular weight is 741 g/mol. The van der Waals surface area contributed by atoms with E-state index < -0.39 is 34.9 Å². The highest BCUT2D eigenvalue weighted by molar-refractivity contribution is 7.79. The lowest BCUT2D eigenvalue weighted by Crippen LogP contribution is -2.46. The van der Waals surface area contributed by atoms with Crippen molar-refractivity contribution in [2.45, 2.75) is 27.7 Å². The first kappa shape index (κ1) is 36.4. The first-order valence-corrected chi connectivity index (χ1v) is 23.7. The van der Waals surface area contributed by atoms with Crippen molar-refractivity contribution < 1.29 is 36.4 Å². The van der Waals surface area contributed by atoms with Crippen molar-refractivity contribution in [2.75, 3.05) is 51.1 Å². The Morgan fingerprint density at radius 2 is 0.694 bits per heavy atom. The molecule has 260 valence electrons. The van der Waals surface area contributed by atoms with Gasteiger partial charge in [0.05, 0.1) is 44.2 Å². The zero-order chi connectivity index (χ0) is 34.9. The van der Waals surface area contributed by atoms with Gasteiger partial charge in [0.2, 0.25) is 0 Å². The average Bonchev–Trinajstić information content (AvgIpc) is 3.10. The van der Waals surface area contributed by atoms with Crippen LogP contribution in [0.25, 0.3) is 0 Å². The summed E-state index contributed by atoms with van der Waals surface area (Å²) >= 11 is 0. The molecular formula is C37H44O8P4. The molecule has 6 rings (SSSR count). The van der Waals surface area contributed by atoms with Crippen LogP contribution in [0.1, 0.15) is 22.3 Å². The predicted octanol–water partition coefficient (Wildman–Crippen LogP) is 7.71. The standard InChI is InChI=1S/C37H44O8P4/c1-29-5-13-33(14-6-29)46(38,34-15-7-30(2)8-16-34)21-23-48(40)42-25-37(26-43-48)27-44-49(41,45-28-37)24-22-47(39,35-17-9-31(3)10-18-35)36-19-11-32(4)12-20-36/h5-20H,21-28H2,1-4H3. The van der Waals surface area contributed by atoms with Crippen molar-refractivity contribution in [1.29, 1.82) is 0 Å². The van der Waals surface area contributed by atoms with Gasteiger partial charge in [-0.2, -0.15) is 0 Å². The molecule has 2 aliphatic rings. The Morgan fingerprint density at radius 3 is 0.918 bits per heavy atom. The SMILES string of the molecule is Cc1ccc(P(=O)(CCP2(=O)OCC3(CO2)COP(=O)(CCP(=O)(c2ccc(C)cc2)c2ccc(C)cc2)OC3)c2ccc(C)cc2)cc1. The molecule has 1 spiro atoms. The molecule has 0 amide bonds. The summed E-state index contributed by atoms with van der Waals surface area (Å²) in [6, 6.07) is 30.4. The molecule has 4 aromatic rings. The fourth-order valence-corrected chi connectivity index (χ4v) is 16.9. The van der Waals surface area contributed by atoms with Gasteiger partial charge >= 0.3 is 15.2 Å². The first-order valence-electron chi connectivity index (χ1n) is 16.5. The summed E-state index contributed by atoms with van der Waals surface area (Å²) in [5, 5.41) is 2.78. The second-order valence-corrected chi connectivity index (χ2v) is 23.8. The van der Waals surface area contributed by atoms with Gasteiger partial charge in [0.1, 0.15) is 14.3 Å². The molecule has 2 heterocycles. The van der Waals surface area contributed by atoms with Crippen LogP contribution in [0.5, 0.6) is 0 Å². The molecule has 12 heteroatoms. The Bertz CT molecular complexity index is 1700. The van der Waals surface area contributed by atoms with Crippen molar-refractivity contribution in [3.05, 3.63) is 119 Å². The zero-order valence-corrected chi connectivity index (χ0v) is 32.0. The van der Waals surface area contributed by atoms with Gasteiger partial charge < -0.3 is 27.2 Å².